The van der Waals surface area contributed by atoms with Crippen LogP contribution in [0.25, 0.3) is 22.2 Å². The highest BCUT2D eigenvalue weighted by Gasteiger charge is 2.12. The van der Waals surface area contributed by atoms with Crippen molar-refractivity contribution in [1.82, 2.24) is 9.55 Å². The number of imidazole rings is 1. The maximum atomic E-state index is 5.15. The molecule has 0 bridgehead atoms. The lowest BCUT2D eigenvalue weighted by molar-refractivity contribution is 0.190. The van der Waals surface area contributed by atoms with E-state index < -0.39 is 0 Å². The lowest BCUT2D eigenvalue weighted by Crippen LogP contribution is -2.09. The molecule has 0 fully saturated rings. The number of fused-ring (bicyclic) bond motifs is 1. The highest BCUT2D eigenvalue weighted by Crippen LogP contribution is 2.34. The summed E-state index contributed by atoms with van der Waals surface area (Å²) in [6.07, 6.45) is 2.92. The highest BCUT2D eigenvalue weighted by atomic mass is 16.5. The number of rotatable bonds is 6. The summed E-state index contributed by atoms with van der Waals surface area (Å²) in [5.74, 6) is 0. The fraction of sp³-hybridized carbons (Fsp3) is 0.316. The maximum absolute atomic E-state index is 5.15. The summed E-state index contributed by atoms with van der Waals surface area (Å²) in [5, 5.41) is 0. The van der Waals surface area contributed by atoms with Gasteiger partial charge < -0.3 is 14.2 Å². The largest absolute Gasteiger partial charge is 0.385 e. The summed E-state index contributed by atoms with van der Waals surface area (Å²) < 4.78 is 7.35. The topological polar surface area (TPSA) is 30.3 Å². The minimum Gasteiger partial charge on any atom is -0.385 e. The number of anilines is 1. The van der Waals surface area contributed by atoms with Crippen molar-refractivity contribution in [3.63, 3.8) is 0 Å². The smallest absolute Gasteiger partial charge is 0.0963 e. The van der Waals surface area contributed by atoms with E-state index in [1.54, 1.807) is 7.11 Å². The summed E-state index contributed by atoms with van der Waals surface area (Å²) >= 11 is 0. The lowest BCUT2D eigenvalue weighted by atomic mass is 10.0. The van der Waals surface area contributed by atoms with Gasteiger partial charge in [0.15, 0.2) is 0 Å². The van der Waals surface area contributed by atoms with Crippen molar-refractivity contribution in [2.75, 3.05) is 32.7 Å². The van der Waals surface area contributed by atoms with E-state index in [9.17, 15) is 0 Å². The molecule has 0 radical (unpaired) electrons. The third kappa shape index (κ3) is 3.08. The average Bonchev–Trinajstić information content (AvgIpc) is 2.98. The molecule has 3 aromatic rings. The number of nitrogens with zero attached hydrogens (tertiary/aromatic N) is 3. The van der Waals surface area contributed by atoms with Gasteiger partial charge in [0.05, 0.1) is 17.4 Å². The fourth-order valence-electron chi connectivity index (χ4n) is 2.95. The first kappa shape index (κ1) is 15.6. The number of aromatic nitrogens is 2. The van der Waals surface area contributed by atoms with E-state index in [2.05, 4.69) is 71.0 Å². The van der Waals surface area contributed by atoms with Crippen LogP contribution in [0.3, 0.4) is 0 Å². The van der Waals surface area contributed by atoms with E-state index in [1.807, 2.05) is 6.33 Å². The van der Waals surface area contributed by atoms with Crippen molar-refractivity contribution >= 4 is 16.7 Å². The SMILES string of the molecule is COCCCn1cnc2c(-c3ccccc3N(C)C)cccc21. The molecule has 0 N–H and O–H groups in total. The number of para-hydroxylation sites is 2. The van der Waals surface area contributed by atoms with E-state index in [0.29, 0.717) is 0 Å². The molecule has 23 heavy (non-hydrogen) atoms. The van der Waals surface area contributed by atoms with Crippen LogP contribution in [0, 0.1) is 0 Å². The van der Waals surface area contributed by atoms with Gasteiger partial charge in [-0.15, -0.1) is 0 Å². The van der Waals surface area contributed by atoms with Crippen molar-refractivity contribution in [2.45, 2.75) is 13.0 Å². The Labute approximate surface area is 137 Å². The number of methoxy groups -OCH3 is 1. The Morgan fingerprint density at radius 3 is 2.61 bits per heavy atom. The van der Waals surface area contributed by atoms with Crippen molar-refractivity contribution in [1.29, 1.82) is 0 Å². The van der Waals surface area contributed by atoms with Crippen LogP contribution in [0.4, 0.5) is 5.69 Å². The van der Waals surface area contributed by atoms with Gasteiger partial charge in [0.1, 0.15) is 0 Å². The second-order valence-corrected chi connectivity index (χ2v) is 5.87. The van der Waals surface area contributed by atoms with Crippen molar-refractivity contribution in [3.8, 4) is 11.1 Å². The number of benzene rings is 2. The zero-order valence-electron chi connectivity index (χ0n) is 14.0. The molecule has 0 aliphatic carbocycles. The summed E-state index contributed by atoms with van der Waals surface area (Å²) in [6, 6.07) is 14.9. The van der Waals surface area contributed by atoms with Gasteiger partial charge in [-0.3, -0.25) is 0 Å². The molecule has 1 aromatic heterocycles. The van der Waals surface area contributed by atoms with Crippen LogP contribution in [0.2, 0.25) is 0 Å². The van der Waals surface area contributed by atoms with Gasteiger partial charge in [0.2, 0.25) is 0 Å². The molecular formula is C19H23N3O. The number of aryl methyl sites for hydroxylation is 1. The minimum atomic E-state index is 0.767. The summed E-state index contributed by atoms with van der Waals surface area (Å²) in [6.45, 7) is 1.69. The molecule has 4 heteroatoms. The van der Waals surface area contributed by atoms with Crippen LogP contribution < -0.4 is 4.90 Å². The van der Waals surface area contributed by atoms with E-state index in [0.717, 1.165) is 25.1 Å². The molecule has 0 atom stereocenters. The predicted molar refractivity (Wildman–Crippen MR) is 96.0 cm³/mol. The van der Waals surface area contributed by atoms with Crippen LogP contribution in [0.15, 0.2) is 48.8 Å². The normalized spacial score (nSPS) is 11.1. The van der Waals surface area contributed by atoms with E-state index in [-0.39, 0.29) is 0 Å². The van der Waals surface area contributed by atoms with Gasteiger partial charge in [-0.25, -0.2) is 4.98 Å². The highest BCUT2D eigenvalue weighted by molar-refractivity contribution is 5.95. The quantitative estimate of drug-likeness (QED) is 0.649. The molecule has 0 saturated carbocycles. The molecule has 4 nitrogen and oxygen atoms in total. The van der Waals surface area contributed by atoms with Crippen molar-refractivity contribution in [2.24, 2.45) is 0 Å². The Morgan fingerprint density at radius 1 is 1.04 bits per heavy atom. The summed E-state index contributed by atoms with van der Waals surface area (Å²) in [5.41, 5.74) is 5.82. The van der Waals surface area contributed by atoms with Crippen LogP contribution in [-0.4, -0.2) is 37.4 Å². The predicted octanol–water partition coefficient (Wildman–Crippen LogP) is 3.81. The first-order valence-corrected chi connectivity index (χ1v) is 7.92. The molecule has 0 amide bonds. The molecule has 0 aliphatic rings. The minimum absolute atomic E-state index is 0.767. The first-order valence-electron chi connectivity index (χ1n) is 7.92. The lowest BCUT2D eigenvalue weighted by Gasteiger charge is -2.17. The van der Waals surface area contributed by atoms with Gasteiger partial charge in [-0.2, -0.15) is 0 Å². The summed E-state index contributed by atoms with van der Waals surface area (Å²) in [7, 11) is 5.88. The van der Waals surface area contributed by atoms with E-state index >= 15 is 0 Å². The Morgan fingerprint density at radius 2 is 1.83 bits per heavy atom. The first-order chi connectivity index (χ1) is 11.2. The maximum Gasteiger partial charge on any atom is 0.0963 e. The molecule has 0 saturated heterocycles. The molecule has 3 rings (SSSR count). The average molecular weight is 309 g/mol. The van der Waals surface area contributed by atoms with Gasteiger partial charge in [-0.05, 0) is 18.6 Å². The zero-order valence-corrected chi connectivity index (χ0v) is 14.0. The van der Waals surface area contributed by atoms with Crippen LogP contribution in [0.1, 0.15) is 6.42 Å². The number of hydrogen-bond donors (Lipinski definition) is 0. The third-order valence-electron chi connectivity index (χ3n) is 4.07. The Hall–Kier alpha value is -2.33. The summed E-state index contributed by atoms with van der Waals surface area (Å²) in [4.78, 5) is 6.82. The van der Waals surface area contributed by atoms with Gasteiger partial charge in [0, 0.05) is 51.2 Å². The second-order valence-electron chi connectivity index (χ2n) is 5.87. The van der Waals surface area contributed by atoms with E-state index in [1.165, 1.54) is 22.3 Å². The molecule has 0 unspecified atom stereocenters. The van der Waals surface area contributed by atoms with Gasteiger partial charge in [-0.1, -0.05) is 30.3 Å². The van der Waals surface area contributed by atoms with Gasteiger partial charge in [0.25, 0.3) is 0 Å². The number of hydrogen-bond acceptors (Lipinski definition) is 3. The Bertz CT molecular complexity index is 792. The zero-order chi connectivity index (χ0) is 16.2. The Balaban J connectivity index is 2.06. The molecule has 120 valence electrons. The molecule has 0 aliphatic heterocycles. The number of ether oxygens (including phenoxy) is 1. The molecule has 1 heterocycles. The van der Waals surface area contributed by atoms with Crippen LogP contribution in [-0.2, 0) is 11.3 Å². The Kier molecular flexibility index (Phi) is 4.63. The van der Waals surface area contributed by atoms with Crippen molar-refractivity contribution < 1.29 is 4.74 Å². The standard InChI is InChI=1S/C19H23N3O/c1-21(2)17-10-5-4-8-15(17)16-9-6-11-18-19(16)20-14-22(18)12-7-13-23-3/h4-6,8-11,14H,7,12-13H2,1-3H3. The van der Waals surface area contributed by atoms with Crippen molar-refractivity contribution in [3.05, 3.63) is 48.8 Å². The van der Waals surface area contributed by atoms with Crippen LogP contribution >= 0.6 is 0 Å². The monoisotopic (exact) mass is 309 g/mol. The fourth-order valence-corrected chi connectivity index (χ4v) is 2.95. The van der Waals surface area contributed by atoms with Crippen LogP contribution in [0.5, 0.6) is 0 Å². The second kappa shape index (κ2) is 6.84. The van der Waals surface area contributed by atoms with E-state index in [4.69, 9.17) is 4.74 Å². The molecular weight excluding hydrogens is 286 g/mol. The third-order valence-corrected chi connectivity index (χ3v) is 4.07. The molecule has 0 spiro atoms. The molecule has 2 aromatic carbocycles. The van der Waals surface area contributed by atoms with Gasteiger partial charge >= 0.3 is 0 Å².